The van der Waals surface area contributed by atoms with Gasteiger partial charge in [0.15, 0.2) is 0 Å². The first kappa shape index (κ1) is 17.7. The van der Waals surface area contributed by atoms with Crippen molar-refractivity contribution in [3.8, 4) is 11.5 Å². The molecule has 1 saturated heterocycles. The zero-order valence-electron chi connectivity index (χ0n) is 15.5. The maximum absolute atomic E-state index is 13.0. The predicted octanol–water partition coefficient (Wildman–Crippen LogP) is 4.73. The highest BCUT2D eigenvalue weighted by molar-refractivity contribution is 5.34. The summed E-state index contributed by atoms with van der Waals surface area (Å²) >= 11 is 0. The molecule has 0 radical (unpaired) electrons. The van der Waals surface area contributed by atoms with Crippen molar-refractivity contribution in [3.63, 3.8) is 0 Å². The van der Waals surface area contributed by atoms with Gasteiger partial charge in [-0.2, -0.15) is 0 Å². The highest BCUT2D eigenvalue weighted by Crippen LogP contribution is 2.28. The fourth-order valence-electron chi connectivity index (χ4n) is 3.72. The quantitative estimate of drug-likeness (QED) is 0.655. The van der Waals surface area contributed by atoms with Gasteiger partial charge in [0.05, 0.1) is 0 Å². The van der Waals surface area contributed by atoms with Gasteiger partial charge in [-0.25, -0.2) is 9.37 Å². The molecule has 3 aromatic rings. The number of aromatic nitrogens is 2. The number of ether oxygens (including phenoxy) is 1. The number of imidazole rings is 1. The third-order valence-electron chi connectivity index (χ3n) is 5.17. The van der Waals surface area contributed by atoms with Crippen LogP contribution in [0.5, 0.6) is 11.5 Å². The monoisotopic (exact) mass is 365 g/mol. The van der Waals surface area contributed by atoms with Gasteiger partial charge < -0.3 is 9.30 Å². The van der Waals surface area contributed by atoms with Crippen LogP contribution < -0.4 is 4.74 Å². The Bertz CT molecular complexity index is 883. The van der Waals surface area contributed by atoms with Crippen LogP contribution in [-0.2, 0) is 13.6 Å². The van der Waals surface area contributed by atoms with Crippen molar-refractivity contribution in [2.24, 2.45) is 7.05 Å². The average Bonchev–Trinajstić information content (AvgIpc) is 3.11. The summed E-state index contributed by atoms with van der Waals surface area (Å²) in [5.74, 6) is 2.91. The third-order valence-corrected chi connectivity index (χ3v) is 5.17. The van der Waals surface area contributed by atoms with Gasteiger partial charge in [0.25, 0.3) is 0 Å². The van der Waals surface area contributed by atoms with Crippen molar-refractivity contribution < 1.29 is 9.13 Å². The van der Waals surface area contributed by atoms with Crippen molar-refractivity contribution >= 4 is 0 Å². The second kappa shape index (κ2) is 7.92. The molecular weight excluding hydrogens is 341 g/mol. The van der Waals surface area contributed by atoms with Crippen LogP contribution in [0.1, 0.15) is 30.1 Å². The first-order chi connectivity index (χ1) is 13.2. The van der Waals surface area contributed by atoms with Crippen LogP contribution in [0.3, 0.4) is 0 Å². The van der Waals surface area contributed by atoms with E-state index in [4.69, 9.17) is 4.74 Å². The number of aryl methyl sites for hydroxylation is 1. The molecule has 0 atom stereocenters. The lowest BCUT2D eigenvalue weighted by Gasteiger charge is -2.31. The number of rotatable bonds is 5. The molecule has 0 amide bonds. The van der Waals surface area contributed by atoms with Gasteiger partial charge in [-0.1, -0.05) is 12.1 Å². The topological polar surface area (TPSA) is 30.3 Å². The number of benzene rings is 2. The Labute approximate surface area is 159 Å². The van der Waals surface area contributed by atoms with E-state index in [-0.39, 0.29) is 5.82 Å². The van der Waals surface area contributed by atoms with Crippen LogP contribution in [0.25, 0.3) is 0 Å². The minimum absolute atomic E-state index is 0.259. The van der Waals surface area contributed by atoms with Gasteiger partial charge in [-0.3, -0.25) is 4.90 Å². The normalized spacial score (nSPS) is 15.8. The molecule has 0 spiro atoms. The van der Waals surface area contributed by atoms with Crippen LogP contribution in [0.2, 0.25) is 0 Å². The summed E-state index contributed by atoms with van der Waals surface area (Å²) in [6.07, 6.45) is 6.18. The van der Waals surface area contributed by atoms with E-state index in [0.29, 0.717) is 11.7 Å². The van der Waals surface area contributed by atoms with Crippen LogP contribution in [0.15, 0.2) is 60.9 Å². The smallest absolute Gasteiger partial charge is 0.127 e. The van der Waals surface area contributed by atoms with E-state index >= 15 is 0 Å². The summed E-state index contributed by atoms with van der Waals surface area (Å²) < 4.78 is 21.0. The Hall–Kier alpha value is -2.66. The van der Waals surface area contributed by atoms with Crippen molar-refractivity contribution in [2.75, 3.05) is 13.1 Å². The van der Waals surface area contributed by atoms with Gasteiger partial charge in [0.1, 0.15) is 23.1 Å². The Morgan fingerprint density at radius 3 is 2.56 bits per heavy atom. The molecule has 4 nitrogen and oxygen atoms in total. The highest BCUT2D eigenvalue weighted by Gasteiger charge is 2.23. The Morgan fingerprint density at radius 2 is 1.85 bits per heavy atom. The molecule has 1 aliphatic rings. The molecule has 140 valence electrons. The fourth-order valence-corrected chi connectivity index (χ4v) is 3.72. The molecule has 0 bridgehead atoms. The van der Waals surface area contributed by atoms with Gasteiger partial charge in [-0.05, 0) is 67.9 Å². The largest absolute Gasteiger partial charge is 0.457 e. The number of hydrogen-bond acceptors (Lipinski definition) is 3. The Kier molecular flexibility index (Phi) is 5.21. The number of likely N-dealkylation sites (tertiary alicyclic amines) is 1. The van der Waals surface area contributed by atoms with Crippen molar-refractivity contribution in [1.29, 1.82) is 0 Å². The molecular formula is C22H24FN3O. The molecule has 1 aliphatic heterocycles. The molecule has 0 N–H and O–H groups in total. The van der Waals surface area contributed by atoms with Crippen LogP contribution >= 0.6 is 0 Å². The van der Waals surface area contributed by atoms with Crippen molar-refractivity contribution in [3.05, 3.63) is 78.1 Å². The van der Waals surface area contributed by atoms with Crippen LogP contribution in [0.4, 0.5) is 4.39 Å². The molecule has 1 aromatic heterocycles. The molecule has 5 heteroatoms. The lowest BCUT2D eigenvalue weighted by molar-refractivity contribution is 0.200. The molecule has 2 aromatic carbocycles. The molecule has 0 aliphatic carbocycles. The first-order valence-corrected chi connectivity index (χ1v) is 9.39. The predicted molar refractivity (Wildman–Crippen MR) is 103 cm³/mol. The summed E-state index contributed by atoms with van der Waals surface area (Å²) in [7, 11) is 2.07. The van der Waals surface area contributed by atoms with E-state index < -0.39 is 0 Å². The van der Waals surface area contributed by atoms with E-state index in [2.05, 4.69) is 33.6 Å². The second-order valence-corrected chi connectivity index (χ2v) is 7.15. The lowest BCUT2D eigenvalue weighted by Crippen LogP contribution is -2.33. The minimum atomic E-state index is -0.259. The van der Waals surface area contributed by atoms with Crippen LogP contribution in [-0.4, -0.2) is 27.5 Å². The SMILES string of the molecule is Cn1ccnc1C1CCN(Cc2cccc(Oc3ccc(F)cc3)c2)CC1. The van der Waals surface area contributed by atoms with Crippen molar-refractivity contribution in [1.82, 2.24) is 14.5 Å². The summed E-state index contributed by atoms with van der Waals surface area (Å²) in [5, 5.41) is 0. The number of nitrogens with zero attached hydrogens (tertiary/aromatic N) is 3. The van der Waals surface area contributed by atoms with E-state index in [1.807, 2.05) is 24.5 Å². The van der Waals surface area contributed by atoms with E-state index in [1.165, 1.54) is 23.5 Å². The summed E-state index contributed by atoms with van der Waals surface area (Å²) in [6, 6.07) is 14.2. The molecule has 2 heterocycles. The molecule has 0 unspecified atom stereocenters. The maximum atomic E-state index is 13.0. The molecule has 1 fully saturated rings. The fraction of sp³-hybridized carbons (Fsp3) is 0.318. The van der Waals surface area contributed by atoms with Crippen LogP contribution in [0, 0.1) is 5.82 Å². The number of piperidine rings is 1. The first-order valence-electron chi connectivity index (χ1n) is 9.39. The Morgan fingerprint density at radius 1 is 1.07 bits per heavy atom. The third kappa shape index (κ3) is 4.37. The number of hydrogen-bond donors (Lipinski definition) is 0. The van der Waals surface area contributed by atoms with E-state index in [0.717, 1.165) is 38.2 Å². The number of halogens is 1. The van der Waals surface area contributed by atoms with Gasteiger partial charge >= 0.3 is 0 Å². The van der Waals surface area contributed by atoms with Gasteiger partial charge in [-0.15, -0.1) is 0 Å². The molecule has 4 rings (SSSR count). The maximum Gasteiger partial charge on any atom is 0.127 e. The lowest BCUT2D eigenvalue weighted by atomic mass is 9.95. The van der Waals surface area contributed by atoms with E-state index in [1.54, 1.807) is 12.1 Å². The Balaban J connectivity index is 1.35. The molecule has 27 heavy (non-hydrogen) atoms. The van der Waals surface area contributed by atoms with Gasteiger partial charge in [0.2, 0.25) is 0 Å². The summed E-state index contributed by atoms with van der Waals surface area (Å²) in [5.41, 5.74) is 1.23. The average molecular weight is 365 g/mol. The molecule has 0 saturated carbocycles. The zero-order chi connectivity index (χ0) is 18.6. The minimum Gasteiger partial charge on any atom is -0.457 e. The second-order valence-electron chi connectivity index (χ2n) is 7.15. The van der Waals surface area contributed by atoms with Crippen molar-refractivity contribution in [2.45, 2.75) is 25.3 Å². The summed E-state index contributed by atoms with van der Waals surface area (Å²) in [6.45, 7) is 3.05. The summed E-state index contributed by atoms with van der Waals surface area (Å²) in [4.78, 5) is 6.99. The standard InChI is InChI=1S/C22H24FN3O/c1-25-14-11-24-22(25)18-9-12-26(13-10-18)16-17-3-2-4-21(15-17)27-20-7-5-19(23)6-8-20/h2-8,11,14-15,18H,9-10,12-13,16H2,1H3. The van der Waals surface area contributed by atoms with E-state index in [9.17, 15) is 4.39 Å². The highest BCUT2D eigenvalue weighted by atomic mass is 19.1. The van der Waals surface area contributed by atoms with Gasteiger partial charge in [0, 0.05) is 31.9 Å². The zero-order valence-corrected chi connectivity index (χ0v) is 15.5.